The zero-order chi connectivity index (χ0) is 28.6. The lowest BCUT2D eigenvalue weighted by Gasteiger charge is -2.32. The summed E-state index contributed by atoms with van der Waals surface area (Å²) in [5.41, 5.74) is -3.62. The first-order valence-electron chi connectivity index (χ1n) is 9.19. The van der Waals surface area contributed by atoms with E-state index in [1.54, 1.807) is 0 Å². The van der Waals surface area contributed by atoms with E-state index < -0.39 is 75.9 Å². The van der Waals surface area contributed by atoms with E-state index in [4.69, 9.17) is 0 Å². The fourth-order valence-electron chi connectivity index (χ4n) is 2.50. The number of non-ortho nitro benzene ring substituents is 1. The lowest BCUT2D eigenvalue weighted by atomic mass is 10.1. The average Bonchev–Trinajstić information content (AvgIpc) is 2.77. The van der Waals surface area contributed by atoms with Crippen molar-refractivity contribution in [2.75, 3.05) is 6.61 Å². The molecule has 0 radical (unpaired) electrons. The summed E-state index contributed by atoms with van der Waals surface area (Å²) < 4.78 is 148. The summed E-state index contributed by atoms with van der Waals surface area (Å²) in [5, 5.41) is 20.9. The number of benzene rings is 2. The normalized spacial score (nSPS) is 13.4. The molecule has 0 atom stereocenters. The minimum atomic E-state index is -6.63. The van der Waals surface area contributed by atoms with Crippen LogP contribution >= 0.6 is 15.9 Å². The number of ether oxygens (including phenoxy) is 1. The Balaban J connectivity index is 2.51. The molecular formula is C19H10BrF11N2O4. The SMILES string of the molecule is O=[N+]([O-])c1cc(Br)c(O)c(C=Nc2cc(C(F)(F)F)ccc2OCC(F)(F)C(F)(F)C(F)(F)C(F)F)c1. The summed E-state index contributed by atoms with van der Waals surface area (Å²) in [6.07, 6.45) is -9.73. The molecule has 0 spiro atoms. The molecule has 0 heterocycles. The van der Waals surface area contributed by atoms with Crippen LogP contribution in [-0.4, -0.2) is 47.0 Å². The molecule has 0 saturated heterocycles. The van der Waals surface area contributed by atoms with Crippen LogP contribution in [0, 0.1) is 10.1 Å². The number of rotatable bonds is 9. The number of alkyl halides is 11. The van der Waals surface area contributed by atoms with Crippen molar-refractivity contribution in [2.45, 2.75) is 30.4 Å². The summed E-state index contributed by atoms with van der Waals surface area (Å²) >= 11 is 2.78. The molecule has 0 saturated carbocycles. The first kappa shape index (κ1) is 30.0. The number of halogens is 12. The molecule has 0 amide bonds. The molecule has 204 valence electrons. The van der Waals surface area contributed by atoms with Crippen LogP contribution in [0.25, 0.3) is 0 Å². The summed E-state index contributed by atoms with van der Waals surface area (Å²) in [5.74, 6) is -20.9. The van der Waals surface area contributed by atoms with E-state index in [9.17, 15) is 63.5 Å². The van der Waals surface area contributed by atoms with Gasteiger partial charge in [0, 0.05) is 23.9 Å². The molecule has 0 unspecified atom stereocenters. The molecular weight excluding hydrogens is 609 g/mol. The quantitative estimate of drug-likeness (QED) is 0.137. The molecule has 0 aliphatic heterocycles. The van der Waals surface area contributed by atoms with Crippen LogP contribution in [0.5, 0.6) is 11.5 Å². The predicted molar refractivity (Wildman–Crippen MR) is 107 cm³/mol. The highest BCUT2D eigenvalue weighted by Gasteiger charge is 2.75. The molecule has 2 aromatic carbocycles. The van der Waals surface area contributed by atoms with Gasteiger partial charge in [0.05, 0.1) is 15.0 Å². The number of aliphatic imine (C=N–C) groups is 1. The minimum absolute atomic E-state index is 0.152. The molecule has 2 rings (SSSR count). The number of nitro benzene ring substituents is 1. The number of hydrogen-bond acceptors (Lipinski definition) is 5. The highest BCUT2D eigenvalue weighted by atomic mass is 79.9. The van der Waals surface area contributed by atoms with Gasteiger partial charge >= 0.3 is 30.4 Å². The van der Waals surface area contributed by atoms with E-state index in [1.165, 1.54) is 0 Å². The number of nitro groups is 1. The third-order valence-electron chi connectivity index (χ3n) is 4.48. The maximum absolute atomic E-state index is 13.8. The lowest BCUT2D eigenvalue weighted by Crippen LogP contribution is -2.59. The van der Waals surface area contributed by atoms with Crippen LogP contribution in [0.15, 0.2) is 39.8 Å². The van der Waals surface area contributed by atoms with Crippen molar-refractivity contribution in [1.82, 2.24) is 0 Å². The van der Waals surface area contributed by atoms with Crippen LogP contribution < -0.4 is 4.74 Å². The lowest BCUT2D eigenvalue weighted by molar-refractivity contribution is -0.385. The maximum atomic E-state index is 13.8. The van der Waals surface area contributed by atoms with Crippen molar-refractivity contribution >= 4 is 33.5 Å². The number of hydrogen-bond donors (Lipinski definition) is 1. The number of phenols is 1. The van der Waals surface area contributed by atoms with Gasteiger partial charge < -0.3 is 9.84 Å². The van der Waals surface area contributed by atoms with Gasteiger partial charge in [-0.25, -0.2) is 8.78 Å². The Morgan fingerprint density at radius 1 is 1.05 bits per heavy atom. The maximum Gasteiger partial charge on any atom is 0.416 e. The third kappa shape index (κ3) is 6.22. The summed E-state index contributed by atoms with van der Waals surface area (Å²) in [4.78, 5) is 13.5. The fraction of sp³-hybridized carbons (Fsp3) is 0.316. The molecule has 0 aromatic heterocycles. The Labute approximate surface area is 206 Å². The average molecular weight is 619 g/mol. The van der Waals surface area contributed by atoms with Gasteiger partial charge in [0.1, 0.15) is 17.2 Å². The van der Waals surface area contributed by atoms with Crippen molar-refractivity contribution in [1.29, 1.82) is 0 Å². The van der Waals surface area contributed by atoms with Crippen molar-refractivity contribution < 1.29 is 63.1 Å². The number of aromatic hydroxyl groups is 1. The molecule has 2 aromatic rings. The van der Waals surface area contributed by atoms with E-state index in [2.05, 4.69) is 25.7 Å². The standard InChI is InChI=1S/C19H10BrF11N2O4/c20-11-5-10(33(35)36)3-8(14(11)34)6-32-12-4-9(18(27,28)29)1-2-13(12)37-7-16(23,24)19(30,31)17(25,26)15(21)22/h1-6,15,34H,7H2. The molecule has 0 bridgehead atoms. The van der Waals surface area contributed by atoms with Crippen molar-refractivity contribution in [3.8, 4) is 11.5 Å². The van der Waals surface area contributed by atoms with Crippen LogP contribution in [0.3, 0.4) is 0 Å². The molecule has 0 aliphatic rings. The zero-order valence-electron chi connectivity index (χ0n) is 17.4. The summed E-state index contributed by atoms with van der Waals surface area (Å²) in [7, 11) is 0. The van der Waals surface area contributed by atoms with E-state index in [0.717, 1.165) is 6.07 Å². The highest BCUT2D eigenvalue weighted by Crippen LogP contribution is 2.49. The van der Waals surface area contributed by atoms with Gasteiger partial charge in [-0.1, -0.05) is 0 Å². The van der Waals surface area contributed by atoms with E-state index in [1.807, 2.05) is 0 Å². The van der Waals surface area contributed by atoms with Gasteiger partial charge in [0.2, 0.25) is 0 Å². The largest absolute Gasteiger partial charge is 0.506 e. The monoisotopic (exact) mass is 618 g/mol. The highest BCUT2D eigenvalue weighted by molar-refractivity contribution is 9.10. The van der Waals surface area contributed by atoms with Crippen LogP contribution in [0.1, 0.15) is 11.1 Å². The zero-order valence-corrected chi connectivity index (χ0v) is 18.9. The fourth-order valence-corrected chi connectivity index (χ4v) is 2.97. The first-order chi connectivity index (χ1) is 16.7. The topological polar surface area (TPSA) is 85.0 Å². The first-order valence-corrected chi connectivity index (χ1v) is 9.98. The summed E-state index contributed by atoms with van der Waals surface area (Å²) in [6, 6.07) is 2.24. The van der Waals surface area contributed by atoms with Crippen molar-refractivity contribution in [3.05, 3.63) is 56.0 Å². The second kappa shape index (κ2) is 10.3. The molecule has 0 fully saturated rings. The van der Waals surface area contributed by atoms with Crippen LogP contribution in [0.2, 0.25) is 0 Å². The van der Waals surface area contributed by atoms with Gasteiger partial charge in [0.25, 0.3) is 5.69 Å². The smallest absolute Gasteiger partial charge is 0.416 e. The van der Waals surface area contributed by atoms with Gasteiger partial charge in [-0.05, 0) is 34.1 Å². The molecule has 37 heavy (non-hydrogen) atoms. The molecule has 18 heteroatoms. The van der Waals surface area contributed by atoms with Crippen LogP contribution in [-0.2, 0) is 6.18 Å². The van der Waals surface area contributed by atoms with Gasteiger partial charge in [0.15, 0.2) is 6.61 Å². The van der Waals surface area contributed by atoms with Crippen LogP contribution in [0.4, 0.5) is 59.7 Å². The molecule has 6 nitrogen and oxygen atoms in total. The third-order valence-corrected chi connectivity index (χ3v) is 5.08. The Kier molecular flexibility index (Phi) is 8.36. The van der Waals surface area contributed by atoms with Crippen molar-refractivity contribution in [3.63, 3.8) is 0 Å². The molecule has 1 N–H and O–H groups in total. The van der Waals surface area contributed by atoms with E-state index >= 15 is 0 Å². The van der Waals surface area contributed by atoms with Crippen molar-refractivity contribution in [2.24, 2.45) is 4.99 Å². The van der Waals surface area contributed by atoms with E-state index in [-0.39, 0.29) is 16.6 Å². The predicted octanol–water partition coefficient (Wildman–Crippen LogP) is 7.38. The Bertz CT molecular complexity index is 1200. The Morgan fingerprint density at radius 3 is 2.16 bits per heavy atom. The molecule has 0 aliphatic carbocycles. The van der Waals surface area contributed by atoms with Gasteiger partial charge in [-0.3, -0.25) is 15.1 Å². The van der Waals surface area contributed by atoms with Gasteiger partial charge in [-0.15, -0.1) is 0 Å². The second-order valence-corrected chi connectivity index (χ2v) is 7.91. The Hall–Kier alpha value is -3.18. The Morgan fingerprint density at radius 2 is 1.65 bits per heavy atom. The summed E-state index contributed by atoms with van der Waals surface area (Å²) in [6.45, 7) is -2.69. The minimum Gasteiger partial charge on any atom is -0.506 e. The van der Waals surface area contributed by atoms with E-state index in [0.29, 0.717) is 18.3 Å². The second-order valence-electron chi connectivity index (χ2n) is 7.05. The number of phenolic OH excluding ortho intramolecular Hbond substituents is 1. The number of nitrogens with zero attached hydrogens (tertiary/aromatic N) is 2. The van der Waals surface area contributed by atoms with Gasteiger partial charge in [-0.2, -0.15) is 39.5 Å².